The molecule has 0 unspecified atom stereocenters. The van der Waals surface area contributed by atoms with Crippen molar-refractivity contribution in [3.63, 3.8) is 0 Å². The summed E-state index contributed by atoms with van der Waals surface area (Å²) < 4.78 is 27.9. The van der Waals surface area contributed by atoms with Crippen molar-refractivity contribution in [2.45, 2.75) is 59.2 Å². The van der Waals surface area contributed by atoms with E-state index in [1.807, 2.05) is 74.5 Å². The molecule has 9 heteroatoms. The molecule has 0 aliphatic heterocycles. The van der Waals surface area contributed by atoms with Crippen LogP contribution < -0.4 is 14.2 Å². The lowest BCUT2D eigenvalue weighted by Crippen LogP contribution is -2.39. The molecule has 3 rings (SSSR count). The van der Waals surface area contributed by atoms with Crippen LogP contribution in [-0.2, 0) is 25.5 Å². The number of aromatic nitrogens is 1. The van der Waals surface area contributed by atoms with Crippen molar-refractivity contribution in [1.82, 2.24) is 4.98 Å². The second-order valence-electron chi connectivity index (χ2n) is 9.99. The summed E-state index contributed by atoms with van der Waals surface area (Å²) in [6, 6.07) is 21.1. The van der Waals surface area contributed by atoms with Crippen LogP contribution in [-0.4, -0.2) is 48.8 Å². The summed E-state index contributed by atoms with van der Waals surface area (Å²) in [6.45, 7) is 6.37. The van der Waals surface area contributed by atoms with Gasteiger partial charge in [-0.2, -0.15) is 0 Å². The zero-order chi connectivity index (χ0) is 30.5. The number of ketones is 1. The predicted octanol–water partition coefficient (Wildman–Crippen LogP) is 5.85. The molecule has 1 aromatic heterocycles. The summed E-state index contributed by atoms with van der Waals surface area (Å²) in [5.41, 5.74) is 1.08. The Bertz CT molecular complexity index is 1300. The average Bonchev–Trinajstić information content (AvgIpc) is 2.99. The average molecular weight is 578 g/mol. The summed E-state index contributed by atoms with van der Waals surface area (Å²) in [6.07, 6.45) is 1.87. The molecule has 0 bridgehead atoms. The topological polar surface area (TPSA) is 110 Å². The number of Topliss-reactive ketones (excluding diaryl/α,β-unsaturated/α-hetero) is 1. The second kappa shape index (κ2) is 16.1. The molecule has 0 spiro atoms. The Morgan fingerprint density at radius 2 is 1.60 bits per heavy atom. The second-order valence-corrected chi connectivity index (χ2v) is 9.99. The van der Waals surface area contributed by atoms with Crippen LogP contribution in [0, 0.1) is 11.8 Å². The molecule has 0 fully saturated rings. The van der Waals surface area contributed by atoms with Crippen molar-refractivity contribution >= 4 is 17.7 Å². The zero-order valence-electron chi connectivity index (χ0n) is 24.8. The molecule has 2 aromatic carbocycles. The van der Waals surface area contributed by atoms with E-state index >= 15 is 0 Å². The number of para-hydroxylation sites is 1. The number of esters is 2. The van der Waals surface area contributed by atoms with Crippen molar-refractivity contribution < 1.29 is 38.1 Å². The van der Waals surface area contributed by atoms with Crippen LogP contribution in [0.25, 0.3) is 0 Å². The molecule has 9 nitrogen and oxygen atoms in total. The Morgan fingerprint density at radius 3 is 2.21 bits per heavy atom. The molecule has 0 saturated heterocycles. The quantitative estimate of drug-likeness (QED) is 0.118. The Morgan fingerprint density at radius 1 is 0.929 bits per heavy atom. The third kappa shape index (κ3) is 9.33. The summed E-state index contributed by atoms with van der Waals surface area (Å²) in [5, 5.41) is 0. The summed E-state index contributed by atoms with van der Waals surface area (Å²) >= 11 is 0. The molecule has 0 aliphatic rings. The minimum atomic E-state index is -0.762. The number of rotatable bonds is 16. The molecule has 42 heavy (non-hydrogen) atoms. The Kier molecular flexibility index (Phi) is 12.3. The minimum absolute atomic E-state index is 0.0292. The fourth-order valence-corrected chi connectivity index (χ4v) is 4.58. The van der Waals surface area contributed by atoms with Crippen LogP contribution in [0.4, 0.5) is 0 Å². The van der Waals surface area contributed by atoms with E-state index in [4.69, 9.17) is 23.7 Å². The lowest BCUT2D eigenvalue weighted by atomic mass is 9.88. The summed E-state index contributed by atoms with van der Waals surface area (Å²) in [4.78, 5) is 41.8. The number of benzene rings is 2. The van der Waals surface area contributed by atoms with Crippen molar-refractivity contribution in [1.29, 1.82) is 0 Å². The van der Waals surface area contributed by atoms with Gasteiger partial charge in [-0.15, -0.1) is 0 Å². The Balaban J connectivity index is 1.73. The van der Waals surface area contributed by atoms with Gasteiger partial charge in [-0.05, 0) is 37.5 Å². The first kappa shape index (κ1) is 32.1. The molecule has 0 aliphatic carbocycles. The predicted molar refractivity (Wildman–Crippen MR) is 157 cm³/mol. The molecule has 0 amide bonds. The number of hydrogen-bond donors (Lipinski definition) is 0. The van der Waals surface area contributed by atoms with Crippen molar-refractivity contribution in [3.05, 3.63) is 84.2 Å². The van der Waals surface area contributed by atoms with Gasteiger partial charge >= 0.3 is 11.9 Å². The molecule has 224 valence electrons. The molecule has 0 N–H and O–H groups in total. The normalized spacial score (nSPS) is 13.6. The van der Waals surface area contributed by atoms with Crippen molar-refractivity contribution in [2.75, 3.05) is 13.9 Å². The van der Waals surface area contributed by atoms with Crippen LogP contribution in [0.15, 0.2) is 72.9 Å². The van der Waals surface area contributed by atoms with E-state index in [9.17, 15) is 14.4 Å². The number of carbonyl (C=O) groups excluding carboxylic acids is 3. The molecule has 1 heterocycles. The standard InChI is InChI=1S/C33H39NO8/c1-6-29(42-26-15-11-8-12-16-26)27(20-25-13-9-7-10-14-25)23(3)41-33(37)22(2)19-28(36)31-32(40-21-39-24(4)35)30(38-5)17-18-34-31/h7-18,22-23,27,29H,6,19-21H2,1-5H3/t22-,23+,27+,29+/m1/s1. The number of ether oxygens (including phenoxy) is 5. The van der Waals surface area contributed by atoms with E-state index < -0.39 is 36.5 Å². The largest absolute Gasteiger partial charge is 0.493 e. The van der Waals surface area contributed by atoms with Crippen LogP contribution >= 0.6 is 0 Å². The van der Waals surface area contributed by atoms with Gasteiger partial charge < -0.3 is 23.7 Å². The third-order valence-corrected chi connectivity index (χ3v) is 6.84. The maximum absolute atomic E-state index is 13.3. The van der Waals surface area contributed by atoms with E-state index in [0.717, 1.165) is 11.3 Å². The fraction of sp³-hybridized carbons (Fsp3) is 0.394. The number of carbonyl (C=O) groups is 3. The zero-order valence-corrected chi connectivity index (χ0v) is 24.8. The van der Waals surface area contributed by atoms with Gasteiger partial charge in [0.25, 0.3) is 0 Å². The van der Waals surface area contributed by atoms with Gasteiger partial charge in [0.15, 0.2) is 23.0 Å². The lowest BCUT2D eigenvalue weighted by molar-refractivity contribution is -0.157. The molecular weight excluding hydrogens is 538 g/mol. The van der Waals surface area contributed by atoms with Gasteiger partial charge in [-0.1, -0.05) is 62.4 Å². The van der Waals surface area contributed by atoms with E-state index in [0.29, 0.717) is 12.8 Å². The van der Waals surface area contributed by atoms with E-state index in [-0.39, 0.29) is 35.6 Å². The van der Waals surface area contributed by atoms with Gasteiger partial charge in [-0.3, -0.25) is 14.4 Å². The van der Waals surface area contributed by atoms with Gasteiger partial charge in [0, 0.05) is 31.5 Å². The highest BCUT2D eigenvalue weighted by molar-refractivity contribution is 5.99. The summed E-state index contributed by atoms with van der Waals surface area (Å²) in [5.74, 6) is -1.37. The lowest BCUT2D eigenvalue weighted by Gasteiger charge is -2.32. The first-order valence-corrected chi connectivity index (χ1v) is 14.0. The van der Waals surface area contributed by atoms with Crippen LogP contribution in [0.2, 0.25) is 0 Å². The highest BCUT2D eigenvalue weighted by atomic mass is 16.7. The highest BCUT2D eigenvalue weighted by Gasteiger charge is 2.32. The van der Waals surface area contributed by atoms with Gasteiger partial charge in [0.05, 0.1) is 13.0 Å². The maximum Gasteiger partial charge on any atom is 0.309 e. The first-order valence-electron chi connectivity index (χ1n) is 14.0. The molecular formula is C33H39NO8. The van der Waals surface area contributed by atoms with Crippen LogP contribution in [0.1, 0.15) is 56.6 Å². The van der Waals surface area contributed by atoms with Gasteiger partial charge in [0.1, 0.15) is 18.0 Å². The van der Waals surface area contributed by atoms with Crippen molar-refractivity contribution in [3.8, 4) is 17.2 Å². The first-order chi connectivity index (χ1) is 20.2. The van der Waals surface area contributed by atoms with Crippen LogP contribution in [0.5, 0.6) is 17.2 Å². The number of methoxy groups -OCH3 is 1. The smallest absolute Gasteiger partial charge is 0.309 e. The molecule has 4 atom stereocenters. The highest BCUT2D eigenvalue weighted by Crippen LogP contribution is 2.31. The number of pyridine rings is 1. The van der Waals surface area contributed by atoms with Crippen molar-refractivity contribution in [2.24, 2.45) is 11.8 Å². The number of nitrogens with zero attached hydrogens (tertiary/aromatic N) is 1. The SMILES string of the molecule is CC[C@H](Oc1ccccc1)[C@@H](Cc1ccccc1)[C@H](C)OC(=O)[C@H](C)CC(=O)c1nccc(OC)c1OCOC(C)=O. The van der Waals surface area contributed by atoms with E-state index in [1.165, 1.54) is 26.3 Å². The van der Waals surface area contributed by atoms with E-state index in [1.54, 1.807) is 6.92 Å². The van der Waals surface area contributed by atoms with Gasteiger partial charge in [-0.25, -0.2) is 4.98 Å². The third-order valence-electron chi connectivity index (χ3n) is 6.84. The molecule has 3 aromatic rings. The van der Waals surface area contributed by atoms with Gasteiger partial charge in [0.2, 0.25) is 6.79 Å². The number of hydrogen-bond acceptors (Lipinski definition) is 9. The fourth-order valence-electron chi connectivity index (χ4n) is 4.58. The van der Waals surface area contributed by atoms with E-state index in [2.05, 4.69) is 4.98 Å². The summed E-state index contributed by atoms with van der Waals surface area (Å²) in [7, 11) is 1.42. The molecule has 0 saturated carbocycles. The minimum Gasteiger partial charge on any atom is -0.493 e. The monoisotopic (exact) mass is 577 g/mol. The Hall–Kier alpha value is -4.40. The molecule has 0 radical (unpaired) electrons. The Labute approximate surface area is 247 Å². The maximum atomic E-state index is 13.3. The van der Waals surface area contributed by atoms with Crippen LogP contribution in [0.3, 0.4) is 0 Å².